The molecule has 5 nitrogen and oxygen atoms in total. The van der Waals surface area contributed by atoms with Crippen molar-refractivity contribution in [2.24, 2.45) is 0 Å². The van der Waals surface area contributed by atoms with Crippen LogP contribution in [0.5, 0.6) is 0 Å². The summed E-state index contributed by atoms with van der Waals surface area (Å²) in [5, 5.41) is 4.01. The van der Waals surface area contributed by atoms with Gasteiger partial charge in [-0.15, -0.1) is 0 Å². The Bertz CT molecular complexity index is 749. The van der Waals surface area contributed by atoms with Gasteiger partial charge in [0.05, 0.1) is 30.5 Å². The van der Waals surface area contributed by atoms with E-state index in [1.165, 1.54) is 23.1 Å². The van der Waals surface area contributed by atoms with E-state index < -0.39 is 11.6 Å². The van der Waals surface area contributed by atoms with Crippen LogP contribution in [0.3, 0.4) is 0 Å². The highest BCUT2D eigenvalue weighted by atomic mass is 19.1. The van der Waals surface area contributed by atoms with Gasteiger partial charge in [0.15, 0.2) is 5.82 Å². The number of likely N-dealkylation sites (tertiary alicyclic amines) is 1. The van der Waals surface area contributed by atoms with E-state index in [0.29, 0.717) is 25.3 Å². The van der Waals surface area contributed by atoms with Gasteiger partial charge in [-0.2, -0.15) is 5.10 Å². The van der Waals surface area contributed by atoms with Gasteiger partial charge < -0.3 is 9.64 Å². The second-order valence-electron chi connectivity index (χ2n) is 5.69. The Morgan fingerprint density at radius 1 is 1.32 bits per heavy atom. The predicted molar refractivity (Wildman–Crippen MR) is 72.7 cm³/mol. The van der Waals surface area contributed by atoms with E-state index in [2.05, 4.69) is 5.10 Å². The molecule has 0 bridgehead atoms. The highest BCUT2D eigenvalue weighted by molar-refractivity contribution is 5.95. The highest BCUT2D eigenvalue weighted by Crippen LogP contribution is 2.38. The number of rotatable bonds is 2. The Labute approximate surface area is 125 Å². The van der Waals surface area contributed by atoms with Crippen LogP contribution in [0.1, 0.15) is 16.8 Å². The Morgan fingerprint density at radius 2 is 2.14 bits per heavy atom. The van der Waals surface area contributed by atoms with Crippen molar-refractivity contribution in [3.8, 4) is 5.69 Å². The highest BCUT2D eigenvalue weighted by Gasteiger charge is 2.53. The minimum atomic E-state index is -0.727. The normalized spacial score (nSPS) is 18.9. The predicted octanol–water partition coefficient (Wildman–Crippen LogP) is 1.77. The summed E-state index contributed by atoms with van der Waals surface area (Å²) >= 11 is 0. The van der Waals surface area contributed by atoms with Crippen LogP contribution in [-0.4, -0.2) is 45.9 Å². The largest absolute Gasteiger partial charge is 0.376 e. The van der Waals surface area contributed by atoms with Crippen molar-refractivity contribution in [3.05, 3.63) is 47.8 Å². The molecule has 0 aliphatic carbocycles. The molecule has 1 aromatic heterocycles. The molecule has 0 N–H and O–H groups in total. The van der Waals surface area contributed by atoms with Crippen molar-refractivity contribution >= 4 is 5.91 Å². The van der Waals surface area contributed by atoms with Crippen molar-refractivity contribution < 1.29 is 18.3 Å². The van der Waals surface area contributed by atoms with E-state index >= 15 is 0 Å². The topological polar surface area (TPSA) is 47.4 Å². The van der Waals surface area contributed by atoms with E-state index in [4.69, 9.17) is 4.74 Å². The minimum absolute atomic E-state index is 0.103. The number of carbonyl (C=O) groups is 1. The fourth-order valence-corrected chi connectivity index (χ4v) is 2.88. The maximum absolute atomic E-state index is 13.8. The number of halogens is 2. The number of ether oxygens (including phenoxy) is 1. The lowest BCUT2D eigenvalue weighted by molar-refractivity contribution is -0.172. The molecule has 4 rings (SSSR count). The standard InChI is InChI=1S/C15H13F2N3O2/c16-11-1-2-13(12(17)5-11)20-7-10(6-18-20)14(21)19-4-3-15(19)8-22-9-15/h1-2,5-7H,3-4,8-9H2. The molecule has 114 valence electrons. The number of aromatic nitrogens is 2. The monoisotopic (exact) mass is 305 g/mol. The summed E-state index contributed by atoms with van der Waals surface area (Å²) in [7, 11) is 0. The Hall–Kier alpha value is -2.28. The van der Waals surface area contributed by atoms with E-state index in [0.717, 1.165) is 18.6 Å². The summed E-state index contributed by atoms with van der Waals surface area (Å²) in [6, 6.07) is 3.23. The number of carbonyl (C=O) groups excluding carboxylic acids is 1. The minimum Gasteiger partial charge on any atom is -0.376 e. The van der Waals surface area contributed by atoms with Gasteiger partial charge >= 0.3 is 0 Å². The summed E-state index contributed by atoms with van der Waals surface area (Å²) in [5.74, 6) is -1.52. The van der Waals surface area contributed by atoms with E-state index in [1.54, 1.807) is 4.90 Å². The fraction of sp³-hybridized carbons (Fsp3) is 0.333. The van der Waals surface area contributed by atoms with Crippen molar-refractivity contribution in [2.75, 3.05) is 19.8 Å². The number of hydrogen-bond acceptors (Lipinski definition) is 3. The van der Waals surface area contributed by atoms with E-state index in [9.17, 15) is 13.6 Å². The van der Waals surface area contributed by atoms with Crippen LogP contribution >= 0.6 is 0 Å². The van der Waals surface area contributed by atoms with E-state index in [-0.39, 0.29) is 17.1 Å². The third-order valence-electron chi connectivity index (χ3n) is 4.35. The van der Waals surface area contributed by atoms with Gasteiger partial charge in [0.1, 0.15) is 11.5 Å². The maximum Gasteiger partial charge on any atom is 0.257 e. The number of benzene rings is 1. The Kier molecular flexibility index (Phi) is 2.80. The van der Waals surface area contributed by atoms with Crippen LogP contribution in [0.4, 0.5) is 8.78 Å². The lowest BCUT2D eigenvalue weighted by Gasteiger charge is -2.57. The van der Waals surface area contributed by atoms with Crippen molar-refractivity contribution in [2.45, 2.75) is 12.0 Å². The lowest BCUT2D eigenvalue weighted by atomic mass is 9.82. The maximum atomic E-state index is 13.8. The lowest BCUT2D eigenvalue weighted by Crippen LogP contribution is -2.72. The smallest absolute Gasteiger partial charge is 0.257 e. The molecule has 2 aromatic rings. The summed E-state index contributed by atoms with van der Waals surface area (Å²) in [6.45, 7) is 1.83. The summed E-state index contributed by atoms with van der Waals surface area (Å²) in [4.78, 5) is 14.3. The Balaban J connectivity index is 1.60. The molecule has 3 heterocycles. The van der Waals surface area contributed by atoms with Crippen molar-refractivity contribution in [3.63, 3.8) is 0 Å². The zero-order valence-electron chi connectivity index (χ0n) is 11.6. The molecule has 0 radical (unpaired) electrons. The molecule has 1 aromatic carbocycles. The average molecular weight is 305 g/mol. The first-order valence-corrected chi connectivity index (χ1v) is 6.99. The number of amides is 1. The van der Waals surface area contributed by atoms with Crippen LogP contribution in [-0.2, 0) is 4.74 Å². The summed E-state index contributed by atoms with van der Waals surface area (Å²) in [6.07, 6.45) is 3.81. The molecule has 22 heavy (non-hydrogen) atoms. The first-order chi connectivity index (χ1) is 10.6. The average Bonchev–Trinajstić information content (AvgIpc) is 2.85. The molecule has 1 spiro atoms. The van der Waals surface area contributed by atoms with Crippen molar-refractivity contribution in [1.82, 2.24) is 14.7 Å². The second-order valence-corrected chi connectivity index (χ2v) is 5.69. The first kappa shape index (κ1) is 13.4. The van der Waals surface area contributed by atoms with Gasteiger partial charge in [0.2, 0.25) is 0 Å². The molecule has 2 aliphatic rings. The van der Waals surface area contributed by atoms with E-state index in [1.807, 2.05) is 0 Å². The molecular weight excluding hydrogens is 292 g/mol. The molecule has 0 saturated carbocycles. The number of hydrogen-bond donors (Lipinski definition) is 0. The van der Waals surface area contributed by atoms with Gasteiger partial charge in [-0.1, -0.05) is 0 Å². The van der Waals surface area contributed by atoms with Crippen LogP contribution in [0.15, 0.2) is 30.6 Å². The molecule has 2 aliphatic heterocycles. The zero-order chi connectivity index (χ0) is 15.3. The molecule has 0 atom stereocenters. The van der Waals surface area contributed by atoms with Gasteiger partial charge in [-0.3, -0.25) is 4.79 Å². The van der Waals surface area contributed by atoms with Gasteiger partial charge in [0.25, 0.3) is 5.91 Å². The third-order valence-corrected chi connectivity index (χ3v) is 4.35. The zero-order valence-corrected chi connectivity index (χ0v) is 11.6. The third kappa shape index (κ3) is 1.85. The number of nitrogens with zero attached hydrogens (tertiary/aromatic N) is 3. The summed E-state index contributed by atoms with van der Waals surface area (Å²) in [5.41, 5.74) is 0.334. The van der Waals surface area contributed by atoms with Crippen molar-refractivity contribution in [1.29, 1.82) is 0 Å². The van der Waals surface area contributed by atoms with Crippen LogP contribution < -0.4 is 0 Å². The molecule has 2 fully saturated rings. The summed E-state index contributed by atoms with van der Waals surface area (Å²) < 4.78 is 33.1. The molecule has 0 unspecified atom stereocenters. The fourth-order valence-electron chi connectivity index (χ4n) is 2.88. The van der Waals surface area contributed by atoms with Crippen LogP contribution in [0.25, 0.3) is 5.69 Å². The molecule has 7 heteroatoms. The van der Waals surface area contributed by atoms with Crippen LogP contribution in [0, 0.1) is 11.6 Å². The Morgan fingerprint density at radius 3 is 2.73 bits per heavy atom. The molecule has 2 saturated heterocycles. The van der Waals surface area contributed by atoms with Gasteiger partial charge in [-0.25, -0.2) is 13.5 Å². The van der Waals surface area contributed by atoms with Gasteiger partial charge in [0, 0.05) is 18.8 Å². The van der Waals surface area contributed by atoms with Gasteiger partial charge in [-0.05, 0) is 18.6 Å². The first-order valence-electron chi connectivity index (χ1n) is 6.99. The molecule has 1 amide bonds. The second kappa shape index (κ2) is 4.61. The quantitative estimate of drug-likeness (QED) is 0.849. The van der Waals surface area contributed by atoms with Crippen LogP contribution in [0.2, 0.25) is 0 Å². The SMILES string of the molecule is O=C(c1cnn(-c2ccc(F)cc2F)c1)N1CCC12COC2. The molecular formula is C15H13F2N3O2.